The fraction of sp³-hybridized carbons (Fsp3) is 0.182. The van der Waals surface area contributed by atoms with Crippen LogP contribution in [0.25, 0.3) is 0 Å². The summed E-state index contributed by atoms with van der Waals surface area (Å²) in [6, 6.07) is 7.51. The molecule has 0 bridgehead atoms. The van der Waals surface area contributed by atoms with Crippen molar-refractivity contribution >= 4 is 23.3 Å². The van der Waals surface area contributed by atoms with Gasteiger partial charge < -0.3 is 9.94 Å². The maximum absolute atomic E-state index is 11.7. The fourth-order valence-electron chi connectivity index (χ4n) is 1.89. The maximum atomic E-state index is 11.7. The van der Waals surface area contributed by atoms with Crippen LogP contribution in [0.5, 0.6) is 0 Å². The van der Waals surface area contributed by atoms with Gasteiger partial charge in [-0.15, -0.1) is 0 Å². The zero-order valence-electron chi connectivity index (χ0n) is 8.83. The minimum absolute atomic E-state index is 0.0147. The number of carbonyl (C=O) groups excluding carboxylic acids is 1. The second-order valence-corrected chi connectivity index (χ2v) is 3.74. The normalized spacial score (nSPS) is 20.5. The quantitative estimate of drug-likeness (QED) is 0.532. The summed E-state index contributed by atoms with van der Waals surface area (Å²) in [7, 11) is 0. The lowest BCUT2D eigenvalue weighted by atomic mass is 10.1. The average Bonchev–Trinajstić information content (AvgIpc) is 2.38. The SMILES string of the molecule is O=C1CO/C(=N\O)C2=Nc3ccccc3CN12. The summed E-state index contributed by atoms with van der Waals surface area (Å²) in [5.41, 5.74) is 1.72. The number of ether oxygens (including phenoxy) is 1. The van der Waals surface area contributed by atoms with Crippen LogP contribution in [0.4, 0.5) is 5.69 Å². The molecule has 3 rings (SSSR count). The Morgan fingerprint density at radius 3 is 3.06 bits per heavy atom. The lowest BCUT2D eigenvalue weighted by molar-refractivity contribution is -0.131. The van der Waals surface area contributed by atoms with E-state index in [9.17, 15) is 4.79 Å². The van der Waals surface area contributed by atoms with Gasteiger partial charge in [-0.2, -0.15) is 0 Å². The number of amides is 1. The van der Waals surface area contributed by atoms with Crippen LogP contribution in [0.1, 0.15) is 5.56 Å². The monoisotopic (exact) mass is 231 g/mol. The van der Waals surface area contributed by atoms with Gasteiger partial charge in [0.15, 0.2) is 6.61 Å². The number of rotatable bonds is 0. The zero-order valence-corrected chi connectivity index (χ0v) is 8.83. The molecular formula is C11H9N3O3. The molecule has 1 amide bonds. The van der Waals surface area contributed by atoms with E-state index in [4.69, 9.17) is 9.94 Å². The number of oxime groups is 1. The lowest BCUT2D eigenvalue weighted by Gasteiger charge is -2.31. The van der Waals surface area contributed by atoms with Crippen LogP contribution in [0.15, 0.2) is 34.4 Å². The van der Waals surface area contributed by atoms with E-state index in [1.807, 2.05) is 24.3 Å². The number of hydrogen-bond donors (Lipinski definition) is 1. The number of amidine groups is 1. The smallest absolute Gasteiger partial charge is 0.294 e. The molecular weight excluding hydrogens is 222 g/mol. The van der Waals surface area contributed by atoms with Crippen LogP contribution >= 0.6 is 0 Å². The fourth-order valence-corrected chi connectivity index (χ4v) is 1.89. The summed E-state index contributed by atoms with van der Waals surface area (Å²) >= 11 is 0. The summed E-state index contributed by atoms with van der Waals surface area (Å²) in [6.45, 7) is 0.302. The Kier molecular flexibility index (Phi) is 2.07. The van der Waals surface area contributed by atoms with Gasteiger partial charge in [-0.1, -0.05) is 18.2 Å². The molecule has 1 saturated heterocycles. The van der Waals surface area contributed by atoms with Gasteiger partial charge in [0.2, 0.25) is 5.84 Å². The zero-order chi connectivity index (χ0) is 11.8. The van der Waals surface area contributed by atoms with Crippen LogP contribution < -0.4 is 0 Å². The number of nitrogens with zero attached hydrogens (tertiary/aromatic N) is 3. The first-order valence-electron chi connectivity index (χ1n) is 5.12. The highest BCUT2D eigenvalue weighted by Gasteiger charge is 2.34. The Hall–Kier alpha value is -2.37. The lowest BCUT2D eigenvalue weighted by Crippen LogP contribution is -2.49. The number of aliphatic imine (C=N–C) groups is 1. The molecule has 0 unspecified atom stereocenters. The van der Waals surface area contributed by atoms with Crippen molar-refractivity contribution in [3.63, 3.8) is 0 Å². The number of para-hydroxylation sites is 1. The van der Waals surface area contributed by atoms with E-state index in [2.05, 4.69) is 10.1 Å². The molecule has 6 heteroatoms. The Bertz CT molecular complexity index is 551. The molecule has 0 atom stereocenters. The topological polar surface area (TPSA) is 74.5 Å². The Morgan fingerprint density at radius 1 is 1.41 bits per heavy atom. The summed E-state index contributed by atoms with van der Waals surface area (Å²) in [5.74, 6) is 0.0622. The molecule has 0 radical (unpaired) electrons. The van der Waals surface area contributed by atoms with Gasteiger partial charge in [0, 0.05) is 0 Å². The molecule has 2 aliphatic heterocycles. The minimum atomic E-state index is -0.189. The van der Waals surface area contributed by atoms with E-state index >= 15 is 0 Å². The highest BCUT2D eigenvalue weighted by atomic mass is 16.5. The molecule has 0 aromatic heterocycles. The number of benzene rings is 1. The number of carbonyl (C=O) groups is 1. The predicted octanol–water partition coefficient (Wildman–Crippen LogP) is 0.877. The molecule has 0 aliphatic carbocycles. The molecule has 1 N–H and O–H groups in total. The van der Waals surface area contributed by atoms with Crippen molar-refractivity contribution in [1.82, 2.24) is 4.90 Å². The molecule has 0 saturated carbocycles. The Labute approximate surface area is 96.8 Å². The van der Waals surface area contributed by atoms with E-state index in [1.54, 1.807) is 0 Å². The summed E-state index contributed by atoms with van der Waals surface area (Å²) in [6.07, 6.45) is 0. The Morgan fingerprint density at radius 2 is 2.24 bits per heavy atom. The molecule has 17 heavy (non-hydrogen) atoms. The van der Waals surface area contributed by atoms with Gasteiger partial charge in [0.05, 0.1) is 12.2 Å². The van der Waals surface area contributed by atoms with E-state index in [0.717, 1.165) is 11.3 Å². The largest absolute Gasteiger partial charge is 0.463 e. The van der Waals surface area contributed by atoms with Crippen molar-refractivity contribution in [2.24, 2.45) is 10.1 Å². The summed E-state index contributed by atoms with van der Waals surface area (Å²) in [4.78, 5) is 17.4. The van der Waals surface area contributed by atoms with E-state index < -0.39 is 0 Å². The van der Waals surface area contributed by atoms with Crippen molar-refractivity contribution in [3.05, 3.63) is 29.8 Å². The third-order valence-corrected chi connectivity index (χ3v) is 2.72. The minimum Gasteiger partial charge on any atom is -0.463 e. The van der Waals surface area contributed by atoms with Crippen LogP contribution in [0, 0.1) is 0 Å². The number of hydrogen-bond acceptors (Lipinski definition) is 5. The van der Waals surface area contributed by atoms with E-state index in [0.29, 0.717) is 6.54 Å². The second kappa shape index (κ2) is 3.58. The van der Waals surface area contributed by atoms with Crippen molar-refractivity contribution in [3.8, 4) is 0 Å². The molecule has 1 aromatic rings. The highest BCUT2D eigenvalue weighted by molar-refractivity contribution is 6.42. The Balaban J connectivity index is 2.13. The molecule has 2 heterocycles. The van der Waals surface area contributed by atoms with Crippen molar-refractivity contribution in [2.45, 2.75) is 6.54 Å². The molecule has 2 aliphatic rings. The van der Waals surface area contributed by atoms with Crippen LogP contribution in [0.3, 0.4) is 0 Å². The first-order chi connectivity index (χ1) is 8.29. The van der Waals surface area contributed by atoms with Gasteiger partial charge in [-0.05, 0) is 16.8 Å². The molecule has 6 nitrogen and oxygen atoms in total. The van der Waals surface area contributed by atoms with E-state index in [-0.39, 0.29) is 24.2 Å². The second-order valence-electron chi connectivity index (χ2n) is 3.74. The predicted molar refractivity (Wildman–Crippen MR) is 59.3 cm³/mol. The van der Waals surface area contributed by atoms with Crippen LogP contribution in [-0.2, 0) is 16.1 Å². The first kappa shape index (κ1) is 9.83. The van der Waals surface area contributed by atoms with Crippen LogP contribution in [0.2, 0.25) is 0 Å². The number of fused-ring (bicyclic) bond motifs is 2. The van der Waals surface area contributed by atoms with Crippen molar-refractivity contribution < 1.29 is 14.7 Å². The maximum Gasteiger partial charge on any atom is 0.294 e. The molecule has 0 spiro atoms. The van der Waals surface area contributed by atoms with Gasteiger partial charge in [0.25, 0.3) is 11.8 Å². The molecule has 1 aromatic carbocycles. The third-order valence-electron chi connectivity index (χ3n) is 2.72. The van der Waals surface area contributed by atoms with Gasteiger partial charge in [0.1, 0.15) is 0 Å². The van der Waals surface area contributed by atoms with Gasteiger partial charge >= 0.3 is 0 Å². The van der Waals surface area contributed by atoms with E-state index in [1.165, 1.54) is 4.90 Å². The number of morpholine rings is 1. The van der Waals surface area contributed by atoms with Crippen molar-refractivity contribution in [2.75, 3.05) is 6.61 Å². The molecule has 86 valence electrons. The standard InChI is InChI=1S/C11H9N3O3/c15-9-6-17-11(13-16)10-12-8-4-2-1-3-7(8)5-14(9)10/h1-4,16H,5-6H2/b13-11-. The third kappa shape index (κ3) is 1.45. The first-order valence-corrected chi connectivity index (χ1v) is 5.12. The average molecular weight is 231 g/mol. The van der Waals surface area contributed by atoms with Gasteiger partial charge in [-0.3, -0.25) is 9.69 Å². The molecule has 1 fully saturated rings. The summed E-state index contributed by atoms with van der Waals surface area (Å²) in [5, 5.41) is 11.8. The van der Waals surface area contributed by atoms with Gasteiger partial charge in [-0.25, -0.2) is 4.99 Å². The van der Waals surface area contributed by atoms with Crippen LogP contribution in [-0.4, -0.2) is 34.4 Å². The highest BCUT2D eigenvalue weighted by Crippen LogP contribution is 2.27. The van der Waals surface area contributed by atoms with Crippen molar-refractivity contribution in [1.29, 1.82) is 0 Å². The summed E-state index contributed by atoms with van der Waals surface area (Å²) < 4.78 is 5.00.